The highest BCUT2D eigenvalue weighted by Gasteiger charge is 2.08. The number of oxime groups is 1. The first-order valence-corrected chi connectivity index (χ1v) is 5.27. The van der Waals surface area contributed by atoms with Crippen LogP contribution in [0, 0.1) is 0 Å². The Morgan fingerprint density at radius 2 is 2.31 bits per heavy atom. The number of hydrogen-bond acceptors (Lipinski definition) is 4. The molecule has 5 heteroatoms. The zero-order valence-corrected chi connectivity index (χ0v) is 9.88. The summed E-state index contributed by atoms with van der Waals surface area (Å²) in [6, 6.07) is 4.10. The summed E-state index contributed by atoms with van der Waals surface area (Å²) in [6.45, 7) is 4.29. The van der Waals surface area contributed by atoms with Crippen LogP contribution in [0.5, 0.6) is 0 Å². The normalized spacial score (nSPS) is 13.6. The van der Waals surface area contributed by atoms with Gasteiger partial charge in [0.2, 0.25) is 0 Å². The lowest BCUT2D eigenvalue weighted by atomic mass is 10.2. The van der Waals surface area contributed by atoms with Crippen molar-refractivity contribution in [3.05, 3.63) is 24.0 Å². The predicted molar refractivity (Wildman–Crippen MR) is 64.9 cm³/mol. The Morgan fingerprint density at radius 1 is 1.62 bits per heavy atom. The zero-order chi connectivity index (χ0) is 12.1. The van der Waals surface area contributed by atoms with Crippen LogP contribution in [0.1, 0.15) is 26.0 Å². The second kappa shape index (κ2) is 5.34. The van der Waals surface area contributed by atoms with Crippen molar-refractivity contribution in [2.24, 2.45) is 10.9 Å². The summed E-state index contributed by atoms with van der Waals surface area (Å²) in [5.41, 5.74) is 6.92. The van der Waals surface area contributed by atoms with Gasteiger partial charge < -0.3 is 15.8 Å². The van der Waals surface area contributed by atoms with Gasteiger partial charge in [-0.25, -0.2) is 0 Å². The molecule has 0 amide bonds. The van der Waals surface area contributed by atoms with Crippen molar-refractivity contribution in [3.8, 4) is 0 Å². The molecular formula is C11H18N4O. The molecule has 1 aromatic heterocycles. The SMILES string of the molecule is CCC(C)N(C)c1ccc(/C(N)=N/O)nc1. The molecule has 0 aliphatic heterocycles. The molecule has 0 saturated carbocycles. The quantitative estimate of drug-likeness (QED) is 0.349. The smallest absolute Gasteiger partial charge is 0.188 e. The number of nitrogens with zero attached hydrogens (tertiary/aromatic N) is 3. The van der Waals surface area contributed by atoms with Gasteiger partial charge in [0.15, 0.2) is 5.84 Å². The van der Waals surface area contributed by atoms with Gasteiger partial charge in [0, 0.05) is 13.1 Å². The maximum atomic E-state index is 8.51. The van der Waals surface area contributed by atoms with E-state index in [-0.39, 0.29) is 5.84 Å². The van der Waals surface area contributed by atoms with Gasteiger partial charge in [-0.15, -0.1) is 0 Å². The Labute approximate surface area is 95.6 Å². The minimum atomic E-state index is 0.0257. The molecular weight excluding hydrogens is 204 g/mol. The van der Waals surface area contributed by atoms with Crippen LogP contribution in [0.2, 0.25) is 0 Å². The molecule has 3 N–H and O–H groups in total. The van der Waals surface area contributed by atoms with Crippen LogP contribution in [0.15, 0.2) is 23.5 Å². The highest BCUT2D eigenvalue weighted by molar-refractivity contribution is 5.95. The molecule has 16 heavy (non-hydrogen) atoms. The van der Waals surface area contributed by atoms with Crippen molar-refractivity contribution in [1.29, 1.82) is 0 Å². The fourth-order valence-electron chi connectivity index (χ4n) is 1.33. The lowest BCUT2D eigenvalue weighted by molar-refractivity contribution is 0.318. The van der Waals surface area contributed by atoms with E-state index in [1.165, 1.54) is 0 Å². The van der Waals surface area contributed by atoms with Crippen molar-refractivity contribution in [3.63, 3.8) is 0 Å². The van der Waals surface area contributed by atoms with Crippen molar-refractivity contribution in [2.45, 2.75) is 26.3 Å². The van der Waals surface area contributed by atoms with E-state index < -0.39 is 0 Å². The van der Waals surface area contributed by atoms with E-state index in [1.807, 2.05) is 13.1 Å². The molecule has 1 atom stereocenters. The molecule has 1 aromatic rings. The molecule has 0 aliphatic rings. The maximum Gasteiger partial charge on any atom is 0.188 e. The monoisotopic (exact) mass is 222 g/mol. The molecule has 1 unspecified atom stereocenters. The summed E-state index contributed by atoms with van der Waals surface area (Å²) in [6.07, 6.45) is 2.79. The van der Waals surface area contributed by atoms with Crippen LogP contribution >= 0.6 is 0 Å². The van der Waals surface area contributed by atoms with E-state index in [2.05, 4.69) is 28.9 Å². The average molecular weight is 222 g/mol. The largest absolute Gasteiger partial charge is 0.409 e. The van der Waals surface area contributed by atoms with E-state index in [1.54, 1.807) is 12.3 Å². The third-order valence-electron chi connectivity index (χ3n) is 2.78. The van der Waals surface area contributed by atoms with E-state index in [4.69, 9.17) is 10.9 Å². The van der Waals surface area contributed by atoms with Crippen molar-refractivity contribution >= 4 is 11.5 Å². The summed E-state index contributed by atoms with van der Waals surface area (Å²) < 4.78 is 0. The van der Waals surface area contributed by atoms with Crippen LogP contribution in [-0.2, 0) is 0 Å². The van der Waals surface area contributed by atoms with Crippen LogP contribution < -0.4 is 10.6 Å². The second-order valence-electron chi connectivity index (χ2n) is 3.76. The summed E-state index contributed by atoms with van der Waals surface area (Å²) in [5.74, 6) is 0.0257. The first-order chi connectivity index (χ1) is 7.60. The summed E-state index contributed by atoms with van der Waals surface area (Å²) in [5, 5.41) is 11.4. The summed E-state index contributed by atoms with van der Waals surface area (Å²) in [7, 11) is 2.02. The molecule has 0 spiro atoms. The van der Waals surface area contributed by atoms with E-state index in [0.29, 0.717) is 11.7 Å². The van der Waals surface area contributed by atoms with Crippen LogP contribution in [0.25, 0.3) is 0 Å². The fourth-order valence-corrected chi connectivity index (χ4v) is 1.33. The van der Waals surface area contributed by atoms with Crippen molar-refractivity contribution in [2.75, 3.05) is 11.9 Å². The number of anilines is 1. The third-order valence-corrected chi connectivity index (χ3v) is 2.78. The van der Waals surface area contributed by atoms with E-state index in [0.717, 1.165) is 12.1 Å². The highest BCUT2D eigenvalue weighted by Crippen LogP contribution is 2.15. The fraction of sp³-hybridized carbons (Fsp3) is 0.455. The number of rotatable bonds is 4. The molecule has 0 aromatic carbocycles. The lowest BCUT2D eigenvalue weighted by Crippen LogP contribution is -2.28. The van der Waals surface area contributed by atoms with Gasteiger partial charge in [0.05, 0.1) is 11.9 Å². The number of hydrogen-bond donors (Lipinski definition) is 2. The predicted octanol–water partition coefficient (Wildman–Crippen LogP) is 1.41. The van der Waals surface area contributed by atoms with Gasteiger partial charge in [-0.2, -0.15) is 0 Å². The van der Waals surface area contributed by atoms with Crippen LogP contribution in [0.4, 0.5) is 5.69 Å². The molecule has 0 bridgehead atoms. The Bertz CT molecular complexity index is 361. The number of aromatic nitrogens is 1. The Hall–Kier alpha value is -1.78. The number of nitrogens with two attached hydrogens (primary N) is 1. The van der Waals surface area contributed by atoms with Crippen LogP contribution in [-0.4, -0.2) is 29.1 Å². The van der Waals surface area contributed by atoms with Gasteiger partial charge in [-0.05, 0) is 25.5 Å². The number of pyridine rings is 1. The van der Waals surface area contributed by atoms with Crippen molar-refractivity contribution < 1.29 is 5.21 Å². The Kier molecular flexibility index (Phi) is 4.10. The molecule has 0 radical (unpaired) electrons. The molecule has 88 valence electrons. The molecule has 0 fully saturated rings. The highest BCUT2D eigenvalue weighted by atomic mass is 16.4. The first kappa shape index (κ1) is 12.3. The molecule has 5 nitrogen and oxygen atoms in total. The maximum absolute atomic E-state index is 8.51. The van der Waals surface area contributed by atoms with E-state index in [9.17, 15) is 0 Å². The van der Waals surface area contributed by atoms with Crippen LogP contribution in [0.3, 0.4) is 0 Å². The Balaban J connectivity index is 2.86. The van der Waals surface area contributed by atoms with Crippen molar-refractivity contribution in [1.82, 2.24) is 4.98 Å². The topological polar surface area (TPSA) is 74.7 Å². The van der Waals surface area contributed by atoms with Gasteiger partial charge in [0.1, 0.15) is 5.69 Å². The van der Waals surface area contributed by atoms with Gasteiger partial charge in [-0.1, -0.05) is 12.1 Å². The van der Waals surface area contributed by atoms with E-state index >= 15 is 0 Å². The third kappa shape index (κ3) is 2.62. The average Bonchev–Trinajstić information content (AvgIpc) is 2.36. The summed E-state index contributed by atoms with van der Waals surface area (Å²) >= 11 is 0. The minimum Gasteiger partial charge on any atom is -0.409 e. The molecule has 1 rings (SSSR count). The lowest BCUT2D eigenvalue weighted by Gasteiger charge is -2.25. The Morgan fingerprint density at radius 3 is 2.75 bits per heavy atom. The minimum absolute atomic E-state index is 0.0257. The summed E-state index contributed by atoms with van der Waals surface area (Å²) in [4.78, 5) is 6.27. The first-order valence-electron chi connectivity index (χ1n) is 5.27. The molecule has 1 heterocycles. The second-order valence-corrected chi connectivity index (χ2v) is 3.76. The standard InChI is InChI=1S/C11H18N4O/c1-4-8(2)15(3)9-5-6-10(13-7-9)11(12)14-16/h5-8,16H,4H2,1-3H3,(H2,12,14). The van der Waals surface area contributed by atoms with Gasteiger partial charge in [-0.3, -0.25) is 4.98 Å². The zero-order valence-electron chi connectivity index (χ0n) is 9.88. The van der Waals surface area contributed by atoms with Gasteiger partial charge >= 0.3 is 0 Å². The molecule has 0 saturated heterocycles. The number of amidine groups is 1. The van der Waals surface area contributed by atoms with Gasteiger partial charge in [0.25, 0.3) is 0 Å². The molecule has 0 aliphatic carbocycles.